The molecule has 0 bridgehead atoms. The van der Waals surface area contributed by atoms with Gasteiger partial charge in [0.1, 0.15) is 0 Å². The summed E-state index contributed by atoms with van der Waals surface area (Å²) in [6, 6.07) is 2.48. The summed E-state index contributed by atoms with van der Waals surface area (Å²) in [5.41, 5.74) is 0. The van der Waals surface area contributed by atoms with Gasteiger partial charge in [-0.2, -0.15) is 5.10 Å². The lowest BCUT2D eigenvalue weighted by Crippen LogP contribution is -2.22. The second-order valence-electron chi connectivity index (χ2n) is 4.86. The molecule has 0 radical (unpaired) electrons. The summed E-state index contributed by atoms with van der Waals surface area (Å²) in [5.74, 6) is 0.761. The Balaban J connectivity index is 1.80. The third kappa shape index (κ3) is 2.25. The second kappa shape index (κ2) is 4.73. The third-order valence-corrected chi connectivity index (χ3v) is 3.77. The van der Waals surface area contributed by atoms with Crippen LogP contribution in [0.5, 0.6) is 0 Å². The largest absolute Gasteiger partial charge is 0.335 e. The number of aromatic nitrogens is 4. The first kappa shape index (κ1) is 10.6. The Morgan fingerprint density at radius 1 is 1.18 bits per heavy atom. The Kier molecular flexibility index (Phi) is 2.94. The van der Waals surface area contributed by atoms with E-state index in [4.69, 9.17) is 0 Å². The maximum Gasteiger partial charge on any atom is 0.0946 e. The van der Waals surface area contributed by atoms with Gasteiger partial charge >= 0.3 is 0 Å². The van der Waals surface area contributed by atoms with E-state index in [0.29, 0.717) is 6.04 Å². The topological polar surface area (TPSA) is 35.6 Å². The Bertz CT molecular complexity index is 426. The van der Waals surface area contributed by atoms with Gasteiger partial charge in [0.2, 0.25) is 0 Å². The normalized spacial score (nSPS) is 18.6. The molecule has 90 valence electrons. The second-order valence-corrected chi connectivity index (χ2v) is 4.86. The zero-order valence-electron chi connectivity index (χ0n) is 9.94. The summed E-state index contributed by atoms with van der Waals surface area (Å²) in [4.78, 5) is 4.12. The van der Waals surface area contributed by atoms with Crippen molar-refractivity contribution in [3.05, 3.63) is 37.2 Å². The molecule has 1 unspecified atom stereocenters. The number of hydrogen-bond donors (Lipinski definition) is 0. The van der Waals surface area contributed by atoms with Gasteiger partial charge in [0.25, 0.3) is 0 Å². The molecule has 1 saturated carbocycles. The molecule has 1 fully saturated rings. The average molecular weight is 230 g/mol. The third-order valence-electron chi connectivity index (χ3n) is 3.77. The van der Waals surface area contributed by atoms with Gasteiger partial charge in [0.15, 0.2) is 0 Å². The van der Waals surface area contributed by atoms with Crippen molar-refractivity contribution in [1.29, 1.82) is 0 Å². The molecule has 1 atom stereocenters. The van der Waals surface area contributed by atoms with E-state index in [0.717, 1.165) is 12.5 Å². The quantitative estimate of drug-likeness (QED) is 0.809. The fraction of sp³-hybridized carbons (Fsp3) is 0.538. The Morgan fingerprint density at radius 2 is 2.06 bits per heavy atom. The van der Waals surface area contributed by atoms with Crippen LogP contribution in [0.25, 0.3) is 0 Å². The van der Waals surface area contributed by atoms with Crippen LogP contribution in [0.15, 0.2) is 37.2 Å². The average Bonchev–Trinajstić information content (AvgIpc) is 3.09. The molecule has 4 nitrogen and oxygen atoms in total. The van der Waals surface area contributed by atoms with Crippen LogP contribution in [0.4, 0.5) is 0 Å². The van der Waals surface area contributed by atoms with E-state index in [-0.39, 0.29) is 0 Å². The van der Waals surface area contributed by atoms with E-state index in [2.05, 4.69) is 25.5 Å². The highest BCUT2D eigenvalue weighted by Gasteiger charge is 2.26. The minimum Gasteiger partial charge on any atom is -0.335 e. The molecular weight excluding hydrogens is 212 g/mol. The molecule has 0 aromatic carbocycles. The van der Waals surface area contributed by atoms with Crippen molar-refractivity contribution in [3.63, 3.8) is 0 Å². The van der Waals surface area contributed by atoms with Crippen LogP contribution in [0, 0.1) is 5.92 Å². The fourth-order valence-electron chi connectivity index (χ4n) is 2.88. The molecule has 0 saturated heterocycles. The summed E-state index contributed by atoms with van der Waals surface area (Å²) < 4.78 is 4.28. The SMILES string of the molecule is c1cnn(C(Cn2ccnc2)C2CCCC2)c1. The fourth-order valence-corrected chi connectivity index (χ4v) is 2.88. The highest BCUT2D eigenvalue weighted by atomic mass is 15.3. The van der Waals surface area contributed by atoms with E-state index in [1.165, 1.54) is 25.7 Å². The monoisotopic (exact) mass is 230 g/mol. The number of hydrogen-bond acceptors (Lipinski definition) is 2. The number of nitrogens with zero attached hydrogens (tertiary/aromatic N) is 4. The summed E-state index contributed by atoms with van der Waals surface area (Å²) in [6.45, 7) is 0.979. The van der Waals surface area contributed by atoms with Crippen LogP contribution in [-0.2, 0) is 6.54 Å². The van der Waals surface area contributed by atoms with Crippen LogP contribution in [0.1, 0.15) is 31.7 Å². The lowest BCUT2D eigenvalue weighted by atomic mass is 9.98. The molecule has 2 aromatic rings. The number of rotatable bonds is 4. The van der Waals surface area contributed by atoms with Crippen molar-refractivity contribution >= 4 is 0 Å². The molecule has 0 amide bonds. The molecule has 0 spiro atoms. The molecule has 17 heavy (non-hydrogen) atoms. The Hall–Kier alpha value is -1.58. The lowest BCUT2D eigenvalue weighted by molar-refractivity contribution is 0.275. The smallest absolute Gasteiger partial charge is 0.0946 e. The van der Waals surface area contributed by atoms with Crippen LogP contribution in [-0.4, -0.2) is 19.3 Å². The molecule has 0 aliphatic heterocycles. The minimum atomic E-state index is 0.474. The van der Waals surface area contributed by atoms with Gasteiger partial charge in [-0.15, -0.1) is 0 Å². The summed E-state index contributed by atoms with van der Waals surface area (Å²) >= 11 is 0. The van der Waals surface area contributed by atoms with Crippen molar-refractivity contribution < 1.29 is 0 Å². The molecule has 1 aliphatic carbocycles. The first-order chi connectivity index (χ1) is 8.43. The van der Waals surface area contributed by atoms with E-state index < -0.39 is 0 Å². The lowest BCUT2D eigenvalue weighted by Gasteiger charge is -2.24. The first-order valence-electron chi connectivity index (χ1n) is 6.38. The van der Waals surface area contributed by atoms with Gasteiger partial charge in [-0.3, -0.25) is 4.68 Å². The molecule has 0 N–H and O–H groups in total. The van der Waals surface area contributed by atoms with Gasteiger partial charge in [0.05, 0.1) is 12.4 Å². The summed E-state index contributed by atoms with van der Waals surface area (Å²) in [7, 11) is 0. The standard InChI is InChI=1S/C13H18N4/c1-2-5-12(4-1)13(17-8-3-6-15-17)10-16-9-7-14-11-16/h3,6-9,11-13H,1-2,4-5,10H2. The minimum absolute atomic E-state index is 0.474. The molecule has 3 rings (SSSR count). The van der Waals surface area contributed by atoms with Gasteiger partial charge in [-0.1, -0.05) is 12.8 Å². The molecule has 1 aliphatic rings. The highest BCUT2D eigenvalue weighted by molar-refractivity contribution is 4.87. The number of imidazole rings is 1. The van der Waals surface area contributed by atoms with E-state index in [9.17, 15) is 0 Å². The molecular formula is C13H18N4. The van der Waals surface area contributed by atoms with Crippen molar-refractivity contribution in [2.45, 2.75) is 38.3 Å². The summed E-state index contributed by atoms with van der Waals surface area (Å²) in [5, 5.41) is 4.42. The van der Waals surface area contributed by atoms with Crippen molar-refractivity contribution in [3.8, 4) is 0 Å². The maximum absolute atomic E-state index is 4.42. The Labute approximate surface area is 101 Å². The summed E-state index contributed by atoms with van der Waals surface area (Å²) in [6.07, 6.45) is 15.1. The van der Waals surface area contributed by atoms with Gasteiger partial charge in [-0.05, 0) is 24.8 Å². The van der Waals surface area contributed by atoms with Gasteiger partial charge < -0.3 is 4.57 Å². The molecule has 4 heteroatoms. The van der Waals surface area contributed by atoms with Crippen molar-refractivity contribution in [2.24, 2.45) is 5.92 Å². The van der Waals surface area contributed by atoms with Gasteiger partial charge in [-0.25, -0.2) is 4.98 Å². The molecule has 2 aromatic heterocycles. The van der Waals surface area contributed by atoms with Crippen LogP contribution >= 0.6 is 0 Å². The van der Waals surface area contributed by atoms with Crippen molar-refractivity contribution in [1.82, 2.24) is 19.3 Å². The van der Waals surface area contributed by atoms with E-state index in [1.807, 2.05) is 31.0 Å². The first-order valence-corrected chi connectivity index (χ1v) is 6.38. The highest BCUT2D eigenvalue weighted by Crippen LogP contribution is 2.34. The molecule has 2 heterocycles. The zero-order valence-corrected chi connectivity index (χ0v) is 9.94. The Morgan fingerprint density at radius 3 is 2.71 bits per heavy atom. The van der Waals surface area contributed by atoms with E-state index in [1.54, 1.807) is 0 Å². The van der Waals surface area contributed by atoms with Crippen LogP contribution < -0.4 is 0 Å². The predicted molar refractivity (Wildman–Crippen MR) is 65.4 cm³/mol. The predicted octanol–water partition coefficient (Wildman–Crippen LogP) is 2.51. The maximum atomic E-state index is 4.42. The van der Waals surface area contributed by atoms with Gasteiger partial charge in [0, 0.05) is 31.3 Å². The zero-order chi connectivity index (χ0) is 11.5. The van der Waals surface area contributed by atoms with Crippen LogP contribution in [0.2, 0.25) is 0 Å². The van der Waals surface area contributed by atoms with Crippen LogP contribution in [0.3, 0.4) is 0 Å². The van der Waals surface area contributed by atoms with E-state index >= 15 is 0 Å². The van der Waals surface area contributed by atoms with Crippen molar-refractivity contribution in [2.75, 3.05) is 0 Å².